The van der Waals surface area contributed by atoms with Crippen LogP contribution < -0.4 is 5.32 Å². The Morgan fingerprint density at radius 2 is 1.96 bits per heavy atom. The SMILES string of the molecule is CC(C)(CO)C(=O)Nc1cc2c(C=Cc3ccccc3F)n[nH]c2cc1F. The zero-order chi connectivity index (χ0) is 19.6. The van der Waals surface area contributed by atoms with Gasteiger partial charge in [0.25, 0.3) is 0 Å². The number of fused-ring (bicyclic) bond motifs is 1. The van der Waals surface area contributed by atoms with Crippen molar-refractivity contribution in [2.75, 3.05) is 11.9 Å². The Morgan fingerprint density at radius 1 is 1.22 bits per heavy atom. The summed E-state index contributed by atoms with van der Waals surface area (Å²) < 4.78 is 28.0. The number of H-pyrrole nitrogens is 1. The molecular weight excluding hydrogens is 352 g/mol. The number of aliphatic hydroxyl groups excluding tert-OH is 1. The highest BCUT2D eigenvalue weighted by molar-refractivity contribution is 5.98. The van der Waals surface area contributed by atoms with Gasteiger partial charge in [0.2, 0.25) is 5.91 Å². The van der Waals surface area contributed by atoms with Gasteiger partial charge in [0.1, 0.15) is 11.6 Å². The number of amides is 1. The summed E-state index contributed by atoms with van der Waals surface area (Å²) in [4.78, 5) is 12.2. The lowest BCUT2D eigenvalue weighted by atomic mass is 9.93. The molecule has 0 aliphatic carbocycles. The number of rotatable bonds is 5. The third kappa shape index (κ3) is 3.88. The number of aromatic nitrogens is 2. The molecule has 0 spiro atoms. The van der Waals surface area contributed by atoms with E-state index in [0.717, 1.165) is 0 Å². The van der Waals surface area contributed by atoms with Crippen molar-refractivity contribution >= 4 is 34.6 Å². The van der Waals surface area contributed by atoms with Gasteiger partial charge < -0.3 is 10.4 Å². The summed E-state index contributed by atoms with van der Waals surface area (Å²) in [5.41, 5.74) is 0.251. The van der Waals surface area contributed by atoms with Crippen LogP contribution in [0.2, 0.25) is 0 Å². The third-order valence-electron chi connectivity index (χ3n) is 4.26. The molecule has 1 heterocycles. The van der Waals surface area contributed by atoms with Crippen molar-refractivity contribution in [3.05, 3.63) is 59.3 Å². The molecule has 3 rings (SSSR count). The number of nitrogens with one attached hydrogen (secondary N) is 2. The summed E-state index contributed by atoms with van der Waals surface area (Å²) >= 11 is 0. The van der Waals surface area contributed by atoms with E-state index >= 15 is 0 Å². The van der Waals surface area contributed by atoms with E-state index < -0.39 is 17.1 Å². The lowest BCUT2D eigenvalue weighted by Crippen LogP contribution is -2.34. The Bertz CT molecular complexity index is 1030. The first-order valence-electron chi connectivity index (χ1n) is 8.34. The van der Waals surface area contributed by atoms with Crippen LogP contribution in [0.25, 0.3) is 23.1 Å². The predicted octanol–water partition coefficient (Wildman–Crippen LogP) is 3.97. The molecule has 0 aliphatic heterocycles. The van der Waals surface area contributed by atoms with E-state index in [4.69, 9.17) is 0 Å². The molecule has 0 radical (unpaired) electrons. The molecule has 0 atom stereocenters. The minimum Gasteiger partial charge on any atom is -0.395 e. The molecule has 0 bridgehead atoms. The molecule has 3 N–H and O–H groups in total. The maximum absolute atomic E-state index is 14.3. The standard InChI is InChI=1S/C20H19F2N3O2/c1-20(2,11-26)19(27)23-18-9-13-16(24-25-17(13)10-15(18)22)8-7-12-5-3-4-6-14(12)21/h3-10,26H,11H2,1-2H3,(H,23,27)(H,24,25). The van der Waals surface area contributed by atoms with Crippen molar-refractivity contribution in [1.82, 2.24) is 10.2 Å². The van der Waals surface area contributed by atoms with Gasteiger partial charge in [0.15, 0.2) is 0 Å². The fourth-order valence-electron chi connectivity index (χ4n) is 2.42. The Morgan fingerprint density at radius 3 is 2.67 bits per heavy atom. The normalized spacial score (nSPS) is 12.0. The summed E-state index contributed by atoms with van der Waals surface area (Å²) in [6, 6.07) is 8.99. The summed E-state index contributed by atoms with van der Waals surface area (Å²) in [5, 5.41) is 19.2. The second kappa shape index (κ2) is 7.28. The molecule has 3 aromatic rings. The lowest BCUT2D eigenvalue weighted by molar-refractivity contribution is -0.125. The van der Waals surface area contributed by atoms with Crippen molar-refractivity contribution in [3.8, 4) is 0 Å². The molecule has 5 nitrogen and oxygen atoms in total. The average molecular weight is 371 g/mol. The molecule has 0 saturated carbocycles. The highest BCUT2D eigenvalue weighted by atomic mass is 19.1. The Kier molecular flexibility index (Phi) is 5.05. The maximum Gasteiger partial charge on any atom is 0.232 e. The van der Waals surface area contributed by atoms with E-state index in [-0.39, 0.29) is 18.1 Å². The summed E-state index contributed by atoms with van der Waals surface area (Å²) in [5.74, 6) is -1.49. The fraction of sp³-hybridized carbons (Fsp3) is 0.200. The molecule has 7 heteroatoms. The van der Waals surface area contributed by atoms with Gasteiger partial charge in [-0.05, 0) is 38.1 Å². The van der Waals surface area contributed by atoms with Crippen LogP contribution >= 0.6 is 0 Å². The number of hydrogen-bond acceptors (Lipinski definition) is 3. The maximum atomic E-state index is 14.3. The largest absolute Gasteiger partial charge is 0.395 e. The summed E-state index contributed by atoms with van der Waals surface area (Å²) in [6.45, 7) is 2.74. The molecular formula is C20H19F2N3O2. The van der Waals surface area contributed by atoms with Crippen LogP contribution in [0, 0.1) is 17.0 Å². The predicted molar refractivity (Wildman–Crippen MR) is 101 cm³/mol. The average Bonchev–Trinajstić information content (AvgIpc) is 3.03. The van der Waals surface area contributed by atoms with Crippen molar-refractivity contribution < 1.29 is 18.7 Å². The Hall–Kier alpha value is -3.06. The third-order valence-corrected chi connectivity index (χ3v) is 4.26. The molecule has 27 heavy (non-hydrogen) atoms. The van der Waals surface area contributed by atoms with E-state index in [0.29, 0.717) is 22.2 Å². The number of anilines is 1. The number of halogens is 2. The van der Waals surface area contributed by atoms with Gasteiger partial charge in [-0.3, -0.25) is 9.89 Å². The molecule has 140 valence electrons. The van der Waals surface area contributed by atoms with Gasteiger partial charge in [-0.15, -0.1) is 0 Å². The quantitative estimate of drug-likeness (QED) is 0.635. The van der Waals surface area contributed by atoms with Crippen LogP contribution in [0.15, 0.2) is 36.4 Å². The van der Waals surface area contributed by atoms with E-state index in [2.05, 4.69) is 15.5 Å². The minimum atomic E-state index is -1.05. The molecule has 2 aromatic carbocycles. The van der Waals surface area contributed by atoms with Gasteiger partial charge >= 0.3 is 0 Å². The van der Waals surface area contributed by atoms with Crippen LogP contribution in [0.3, 0.4) is 0 Å². The lowest BCUT2D eigenvalue weighted by Gasteiger charge is -2.20. The molecule has 0 aliphatic rings. The second-order valence-electron chi connectivity index (χ2n) is 6.84. The highest BCUT2D eigenvalue weighted by Crippen LogP contribution is 2.27. The molecule has 0 unspecified atom stereocenters. The number of hydrogen-bond donors (Lipinski definition) is 3. The minimum absolute atomic E-state index is 0.0176. The van der Waals surface area contributed by atoms with Gasteiger partial charge in [-0.25, -0.2) is 8.78 Å². The van der Waals surface area contributed by atoms with Crippen LogP contribution in [0.4, 0.5) is 14.5 Å². The fourth-order valence-corrected chi connectivity index (χ4v) is 2.42. The van der Waals surface area contributed by atoms with Crippen LogP contribution in [-0.2, 0) is 4.79 Å². The van der Waals surface area contributed by atoms with Crippen molar-refractivity contribution in [3.63, 3.8) is 0 Å². The number of carbonyl (C=O) groups excluding carboxylic acids is 1. The first-order chi connectivity index (χ1) is 12.8. The Balaban J connectivity index is 1.95. The van der Waals surface area contributed by atoms with Crippen LogP contribution in [-0.4, -0.2) is 27.8 Å². The van der Waals surface area contributed by atoms with Crippen LogP contribution in [0.1, 0.15) is 25.1 Å². The van der Waals surface area contributed by atoms with E-state index in [1.54, 1.807) is 44.2 Å². The summed E-state index contributed by atoms with van der Waals surface area (Å²) in [7, 11) is 0. The smallest absolute Gasteiger partial charge is 0.232 e. The van der Waals surface area contributed by atoms with Gasteiger partial charge in [0, 0.05) is 17.0 Å². The van der Waals surface area contributed by atoms with E-state index in [1.807, 2.05) is 0 Å². The zero-order valence-electron chi connectivity index (χ0n) is 14.9. The summed E-state index contributed by atoms with van der Waals surface area (Å²) in [6.07, 6.45) is 3.18. The van der Waals surface area contributed by atoms with Gasteiger partial charge in [0.05, 0.1) is 28.9 Å². The van der Waals surface area contributed by atoms with Crippen molar-refractivity contribution in [2.45, 2.75) is 13.8 Å². The van der Waals surface area contributed by atoms with E-state index in [1.165, 1.54) is 18.2 Å². The molecule has 1 aromatic heterocycles. The number of benzene rings is 2. The highest BCUT2D eigenvalue weighted by Gasteiger charge is 2.27. The monoisotopic (exact) mass is 371 g/mol. The molecule has 1 amide bonds. The van der Waals surface area contributed by atoms with Crippen molar-refractivity contribution in [1.29, 1.82) is 0 Å². The molecule has 0 fully saturated rings. The molecule has 0 saturated heterocycles. The first-order valence-corrected chi connectivity index (χ1v) is 8.34. The van der Waals surface area contributed by atoms with Crippen molar-refractivity contribution in [2.24, 2.45) is 5.41 Å². The van der Waals surface area contributed by atoms with Gasteiger partial charge in [-0.2, -0.15) is 5.10 Å². The van der Waals surface area contributed by atoms with Crippen LogP contribution in [0.5, 0.6) is 0 Å². The topological polar surface area (TPSA) is 78.0 Å². The second-order valence-corrected chi connectivity index (χ2v) is 6.84. The zero-order valence-corrected chi connectivity index (χ0v) is 14.9. The first kappa shape index (κ1) is 18.7. The number of nitrogens with zero attached hydrogens (tertiary/aromatic N) is 1. The Labute approximate surface area is 154 Å². The number of aliphatic hydroxyl groups is 1. The van der Waals surface area contributed by atoms with E-state index in [9.17, 15) is 18.7 Å². The van der Waals surface area contributed by atoms with Gasteiger partial charge in [-0.1, -0.05) is 18.2 Å². The number of carbonyl (C=O) groups is 1. The number of aromatic amines is 1.